The van der Waals surface area contributed by atoms with Crippen molar-refractivity contribution in [2.45, 2.75) is 144 Å². The number of benzene rings is 1. The number of rotatable bonds is 8. The zero-order valence-corrected chi connectivity index (χ0v) is 37.5. The van der Waals surface area contributed by atoms with Crippen LogP contribution in [0.25, 0.3) is 0 Å². The summed E-state index contributed by atoms with van der Waals surface area (Å²) in [4.78, 5) is 98.0. The molecule has 1 aromatic rings. The van der Waals surface area contributed by atoms with Crippen LogP contribution in [-0.2, 0) is 49.5 Å². The molecule has 0 saturated heterocycles. The molecule has 0 radical (unpaired) electrons. The number of amides is 5. The standard InChI is InChI=1S/C44H69FN6O9/c1-13-25(5)37-40(54)48-30(10)44(58)60-38(26(6)14-2)28(8)33(46)20-15-27(7)43(57)59-35(21-24(3)4)39(53)47-29(9)41(55)51(12)34(22-31-16-18-32(45)19-17-31)42(56)50(11)23-36(52)49-37/h15-19,24-26,28-30,33-35,37-38H,13-14,20-23,46H2,1-12H3,(H,47,53)(H,48,54)(H,49,52)/b27-15+/t25?,26-,28-,29-,30+,33-,34+,35+,37?,38+/m0/s1. The van der Waals surface area contributed by atoms with Crippen LogP contribution in [0.5, 0.6) is 0 Å². The number of ether oxygens (including phenoxy) is 2. The van der Waals surface area contributed by atoms with E-state index in [0.717, 1.165) is 9.80 Å². The minimum absolute atomic E-state index is 0.0700. The number of esters is 2. The van der Waals surface area contributed by atoms with Crippen molar-refractivity contribution in [1.82, 2.24) is 25.8 Å². The molecule has 1 heterocycles. The molecular formula is C44H69FN6O9. The van der Waals surface area contributed by atoms with E-state index in [0.29, 0.717) is 18.4 Å². The lowest BCUT2D eigenvalue weighted by atomic mass is 9.85. The maximum atomic E-state index is 14.1. The summed E-state index contributed by atoms with van der Waals surface area (Å²) in [5, 5.41) is 8.04. The molecule has 336 valence electrons. The van der Waals surface area contributed by atoms with Gasteiger partial charge in [0, 0.05) is 38.0 Å². The Morgan fingerprint density at radius 3 is 1.97 bits per heavy atom. The third kappa shape index (κ3) is 15.0. The molecule has 0 saturated carbocycles. The van der Waals surface area contributed by atoms with E-state index in [9.17, 15) is 38.0 Å². The van der Waals surface area contributed by atoms with Crippen LogP contribution >= 0.6 is 0 Å². The maximum absolute atomic E-state index is 14.1. The van der Waals surface area contributed by atoms with Crippen molar-refractivity contribution < 1.29 is 47.4 Å². The van der Waals surface area contributed by atoms with E-state index in [1.807, 2.05) is 41.5 Å². The smallest absolute Gasteiger partial charge is 0.334 e. The molecule has 5 N–H and O–H groups in total. The molecule has 10 atom stereocenters. The van der Waals surface area contributed by atoms with Gasteiger partial charge in [0.05, 0.1) is 6.54 Å². The molecule has 15 nitrogen and oxygen atoms in total. The molecule has 0 aliphatic carbocycles. The topological polar surface area (TPSA) is 207 Å². The normalized spacial score (nSPS) is 28.8. The number of nitrogens with two attached hydrogens (primary N) is 1. The van der Waals surface area contributed by atoms with E-state index in [1.165, 1.54) is 52.2 Å². The van der Waals surface area contributed by atoms with Gasteiger partial charge in [-0.05, 0) is 69.1 Å². The molecule has 1 aliphatic heterocycles. The van der Waals surface area contributed by atoms with E-state index >= 15 is 0 Å². The second-order valence-corrected chi connectivity index (χ2v) is 16.8. The SMILES string of the molecule is CCC(C)C1NC(=O)CN(C)C(=O)[C@@H](Cc2ccc(F)cc2)N(C)C(=O)[C@H](C)NC(=O)[C@@H](CC(C)C)OC(=O)/C(C)=C/C[C@H](N)[C@H](C)[C@@H]([C@@H](C)CC)OC(=O)[C@@H](C)NC1=O. The van der Waals surface area contributed by atoms with Gasteiger partial charge in [0.15, 0.2) is 6.10 Å². The fourth-order valence-electron chi connectivity index (χ4n) is 6.82. The number of carbonyl (C=O) groups is 7. The minimum Gasteiger partial charge on any atom is -0.460 e. The van der Waals surface area contributed by atoms with Gasteiger partial charge in [-0.15, -0.1) is 0 Å². The second kappa shape index (κ2) is 23.8. The second-order valence-electron chi connectivity index (χ2n) is 16.8. The first-order valence-corrected chi connectivity index (χ1v) is 21.0. The van der Waals surface area contributed by atoms with E-state index in [-0.39, 0.29) is 48.5 Å². The largest absolute Gasteiger partial charge is 0.460 e. The Hall–Kier alpha value is -4.86. The number of halogens is 1. The molecule has 60 heavy (non-hydrogen) atoms. The Balaban J connectivity index is 2.62. The molecule has 5 amide bonds. The third-order valence-electron chi connectivity index (χ3n) is 11.3. The predicted molar refractivity (Wildman–Crippen MR) is 225 cm³/mol. The van der Waals surface area contributed by atoms with Gasteiger partial charge in [0.1, 0.15) is 36.1 Å². The molecule has 0 aromatic heterocycles. The van der Waals surface area contributed by atoms with Crippen LogP contribution in [0.15, 0.2) is 35.9 Å². The van der Waals surface area contributed by atoms with E-state index in [4.69, 9.17) is 15.2 Å². The van der Waals surface area contributed by atoms with E-state index in [2.05, 4.69) is 16.0 Å². The van der Waals surface area contributed by atoms with Gasteiger partial charge < -0.3 is 41.0 Å². The maximum Gasteiger partial charge on any atom is 0.334 e. The summed E-state index contributed by atoms with van der Waals surface area (Å²) < 4.78 is 25.5. The highest BCUT2D eigenvalue weighted by atomic mass is 19.1. The molecule has 1 aromatic carbocycles. The fraction of sp³-hybridized carbons (Fsp3) is 0.659. The van der Waals surface area contributed by atoms with Crippen LogP contribution in [0.2, 0.25) is 0 Å². The highest BCUT2D eigenvalue weighted by molar-refractivity contribution is 5.96. The molecule has 0 spiro atoms. The summed E-state index contributed by atoms with van der Waals surface area (Å²) in [5.41, 5.74) is 7.34. The lowest BCUT2D eigenvalue weighted by molar-refractivity contribution is -0.158. The third-order valence-corrected chi connectivity index (χ3v) is 11.3. The van der Waals surface area contributed by atoms with Crippen molar-refractivity contribution in [3.8, 4) is 0 Å². The van der Waals surface area contributed by atoms with Crippen molar-refractivity contribution in [1.29, 1.82) is 0 Å². The minimum atomic E-state index is -1.26. The first-order valence-electron chi connectivity index (χ1n) is 21.0. The average Bonchev–Trinajstić information content (AvgIpc) is 3.20. The first kappa shape index (κ1) is 51.3. The van der Waals surface area contributed by atoms with Crippen molar-refractivity contribution in [2.24, 2.45) is 29.4 Å². The summed E-state index contributed by atoms with van der Waals surface area (Å²) in [6.45, 7) is 17.0. The van der Waals surface area contributed by atoms with Gasteiger partial charge in [-0.3, -0.25) is 24.0 Å². The molecule has 2 unspecified atom stereocenters. The van der Waals surface area contributed by atoms with Gasteiger partial charge in [0.2, 0.25) is 23.6 Å². The molecular weight excluding hydrogens is 776 g/mol. The molecule has 0 bridgehead atoms. The Bertz CT molecular complexity index is 1690. The first-order chi connectivity index (χ1) is 28.0. The number of nitrogens with zero attached hydrogens (tertiary/aromatic N) is 2. The van der Waals surface area contributed by atoms with Crippen LogP contribution in [0.3, 0.4) is 0 Å². The predicted octanol–water partition coefficient (Wildman–Crippen LogP) is 3.42. The average molecular weight is 845 g/mol. The van der Waals surface area contributed by atoms with Crippen molar-refractivity contribution >= 4 is 41.5 Å². The summed E-state index contributed by atoms with van der Waals surface area (Å²) in [6, 6.07) is 0.230. The number of hydrogen-bond acceptors (Lipinski definition) is 10. The summed E-state index contributed by atoms with van der Waals surface area (Å²) in [5.74, 6) is -6.23. The van der Waals surface area contributed by atoms with Gasteiger partial charge in [-0.2, -0.15) is 0 Å². The lowest BCUT2D eigenvalue weighted by Crippen LogP contribution is -2.57. The quantitative estimate of drug-likeness (QED) is 0.281. The summed E-state index contributed by atoms with van der Waals surface area (Å²) in [6.07, 6.45) is 1.13. The number of likely N-dealkylation sites (N-methyl/N-ethyl adjacent to an activating group) is 2. The number of hydrogen-bond donors (Lipinski definition) is 4. The Morgan fingerprint density at radius 1 is 0.817 bits per heavy atom. The summed E-state index contributed by atoms with van der Waals surface area (Å²) >= 11 is 0. The number of carbonyl (C=O) groups excluding carboxylic acids is 7. The van der Waals surface area contributed by atoms with Crippen LogP contribution in [0.4, 0.5) is 4.39 Å². The van der Waals surface area contributed by atoms with Crippen LogP contribution in [0, 0.1) is 29.5 Å². The fourth-order valence-corrected chi connectivity index (χ4v) is 6.82. The highest BCUT2D eigenvalue weighted by Crippen LogP contribution is 2.25. The van der Waals surface area contributed by atoms with Crippen molar-refractivity contribution in [3.05, 3.63) is 47.3 Å². The highest BCUT2D eigenvalue weighted by Gasteiger charge is 2.37. The van der Waals surface area contributed by atoms with Crippen LogP contribution in [0.1, 0.15) is 100 Å². The van der Waals surface area contributed by atoms with Crippen molar-refractivity contribution in [2.75, 3.05) is 20.6 Å². The Morgan fingerprint density at radius 2 is 1.40 bits per heavy atom. The molecule has 2 rings (SSSR count). The van der Waals surface area contributed by atoms with Gasteiger partial charge in [-0.25, -0.2) is 14.0 Å². The number of cyclic esters (lactones) is 2. The summed E-state index contributed by atoms with van der Waals surface area (Å²) in [7, 11) is 2.75. The van der Waals surface area contributed by atoms with Gasteiger partial charge >= 0.3 is 11.9 Å². The number of nitrogens with one attached hydrogen (secondary N) is 3. The monoisotopic (exact) mass is 845 g/mol. The molecule has 1 aliphatic rings. The van der Waals surface area contributed by atoms with Crippen molar-refractivity contribution in [3.63, 3.8) is 0 Å². The molecule has 0 fully saturated rings. The van der Waals surface area contributed by atoms with Gasteiger partial charge in [0.25, 0.3) is 5.91 Å². The zero-order chi connectivity index (χ0) is 45.6. The lowest BCUT2D eigenvalue weighted by Gasteiger charge is -2.34. The van der Waals surface area contributed by atoms with E-state index < -0.39 is 96.3 Å². The van der Waals surface area contributed by atoms with Crippen LogP contribution < -0.4 is 21.7 Å². The Labute approximate surface area is 355 Å². The molecule has 16 heteroatoms. The van der Waals surface area contributed by atoms with E-state index in [1.54, 1.807) is 19.9 Å². The van der Waals surface area contributed by atoms with Gasteiger partial charge in [-0.1, -0.05) is 79.5 Å². The van der Waals surface area contributed by atoms with Crippen LogP contribution in [-0.4, -0.2) is 114 Å². The zero-order valence-electron chi connectivity index (χ0n) is 37.5. The Kier molecular flexibility index (Phi) is 20.3.